The monoisotopic (exact) mass is 240 g/mol. The molecule has 2 rings (SSSR count). The Morgan fingerprint density at radius 2 is 2.25 bits per heavy atom. The summed E-state index contributed by atoms with van der Waals surface area (Å²) in [6, 6.07) is 5.72. The summed E-state index contributed by atoms with van der Waals surface area (Å²) in [6.45, 7) is 1.61. The summed E-state index contributed by atoms with van der Waals surface area (Å²) in [6.07, 6.45) is 2.24. The lowest BCUT2D eigenvalue weighted by atomic mass is 10.2. The first-order chi connectivity index (χ1) is 7.63. The van der Waals surface area contributed by atoms with Crippen LogP contribution in [0.4, 0.5) is 0 Å². The SMILES string of the molecule is COc1ccc(CNCC2(N)CC2)c(Cl)c1. The minimum atomic E-state index is 0.0406. The van der Waals surface area contributed by atoms with Gasteiger partial charge in [0.2, 0.25) is 0 Å². The van der Waals surface area contributed by atoms with Crippen molar-refractivity contribution in [2.75, 3.05) is 13.7 Å². The average molecular weight is 241 g/mol. The summed E-state index contributed by atoms with van der Waals surface area (Å²) < 4.78 is 5.09. The molecule has 0 radical (unpaired) electrons. The Morgan fingerprint density at radius 1 is 1.50 bits per heavy atom. The van der Waals surface area contributed by atoms with E-state index in [0.717, 1.165) is 42.3 Å². The van der Waals surface area contributed by atoms with Gasteiger partial charge >= 0.3 is 0 Å². The minimum absolute atomic E-state index is 0.0406. The molecule has 0 saturated heterocycles. The lowest BCUT2D eigenvalue weighted by Gasteiger charge is -2.11. The summed E-state index contributed by atoms with van der Waals surface area (Å²) in [7, 11) is 1.63. The van der Waals surface area contributed by atoms with Crippen LogP contribution in [0.15, 0.2) is 18.2 Å². The van der Waals surface area contributed by atoms with Gasteiger partial charge in [0.25, 0.3) is 0 Å². The van der Waals surface area contributed by atoms with Gasteiger partial charge in [-0.25, -0.2) is 0 Å². The number of hydrogen-bond donors (Lipinski definition) is 2. The maximum atomic E-state index is 6.12. The van der Waals surface area contributed by atoms with Gasteiger partial charge in [-0.05, 0) is 30.5 Å². The van der Waals surface area contributed by atoms with Gasteiger partial charge in [0.05, 0.1) is 7.11 Å². The maximum absolute atomic E-state index is 6.12. The van der Waals surface area contributed by atoms with E-state index in [1.165, 1.54) is 0 Å². The van der Waals surface area contributed by atoms with Gasteiger partial charge < -0.3 is 15.8 Å². The molecule has 1 aliphatic rings. The highest BCUT2D eigenvalue weighted by molar-refractivity contribution is 6.31. The van der Waals surface area contributed by atoms with Crippen molar-refractivity contribution < 1.29 is 4.74 Å². The van der Waals surface area contributed by atoms with E-state index >= 15 is 0 Å². The zero-order valence-corrected chi connectivity index (χ0v) is 10.2. The molecule has 16 heavy (non-hydrogen) atoms. The Hall–Kier alpha value is -0.770. The number of nitrogens with one attached hydrogen (secondary N) is 1. The van der Waals surface area contributed by atoms with Gasteiger partial charge in [-0.1, -0.05) is 17.7 Å². The second kappa shape index (κ2) is 4.62. The third kappa shape index (κ3) is 2.88. The van der Waals surface area contributed by atoms with Crippen molar-refractivity contribution in [2.24, 2.45) is 5.73 Å². The fourth-order valence-corrected chi connectivity index (χ4v) is 1.82. The average Bonchev–Trinajstić information content (AvgIpc) is 2.99. The van der Waals surface area contributed by atoms with E-state index in [1.807, 2.05) is 18.2 Å². The van der Waals surface area contributed by atoms with Crippen molar-refractivity contribution in [3.05, 3.63) is 28.8 Å². The molecule has 88 valence electrons. The van der Waals surface area contributed by atoms with Gasteiger partial charge in [0, 0.05) is 23.7 Å². The molecule has 1 fully saturated rings. The molecule has 1 saturated carbocycles. The van der Waals surface area contributed by atoms with E-state index in [9.17, 15) is 0 Å². The Labute approximate surface area is 101 Å². The standard InChI is InChI=1S/C12H17ClN2O/c1-16-10-3-2-9(11(13)6-10)7-15-8-12(14)4-5-12/h2-3,6,15H,4-5,7-8,14H2,1H3. The Morgan fingerprint density at radius 3 is 2.81 bits per heavy atom. The quantitative estimate of drug-likeness (QED) is 0.827. The van der Waals surface area contributed by atoms with E-state index in [4.69, 9.17) is 22.1 Å². The summed E-state index contributed by atoms with van der Waals surface area (Å²) in [5.74, 6) is 0.784. The highest BCUT2D eigenvalue weighted by Crippen LogP contribution is 2.31. The Balaban J connectivity index is 1.88. The van der Waals surface area contributed by atoms with Crippen LogP contribution >= 0.6 is 11.6 Å². The molecule has 0 aromatic heterocycles. The van der Waals surface area contributed by atoms with Crippen molar-refractivity contribution in [1.82, 2.24) is 5.32 Å². The second-order valence-electron chi connectivity index (χ2n) is 4.42. The van der Waals surface area contributed by atoms with Crippen LogP contribution in [-0.2, 0) is 6.54 Å². The molecule has 1 aliphatic carbocycles. The number of nitrogens with two attached hydrogens (primary N) is 1. The van der Waals surface area contributed by atoms with Gasteiger partial charge in [-0.15, -0.1) is 0 Å². The summed E-state index contributed by atoms with van der Waals surface area (Å²) >= 11 is 6.12. The molecule has 3 N–H and O–H groups in total. The van der Waals surface area contributed by atoms with E-state index in [-0.39, 0.29) is 5.54 Å². The summed E-state index contributed by atoms with van der Waals surface area (Å²) in [5.41, 5.74) is 7.10. The first-order valence-electron chi connectivity index (χ1n) is 5.45. The summed E-state index contributed by atoms with van der Waals surface area (Å²) in [5, 5.41) is 4.06. The van der Waals surface area contributed by atoms with Crippen molar-refractivity contribution in [3.8, 4) is 5.75 Å². The first-order valence-corrected chi connectivity index (χ1v) is 5.83. The third-order valence-corrected chi connectivity index (χ3v) is 3.30. The molecule has 1 aromatic carbocycles. The van der Waals surface area contributed by atoms with Crippen molar-refractivity contribution in [1.29, 1.82) is 0 Å². The predicted octanol–water partition coefficient (Wildman–Crippen LogP) is 1.93. The second-order valence-corrected chi connectivity index (χ2v) is 4.83. The van der Waals surface area contributed by atoms with Gasteiger partial charge in [0.15, 0.2) is 0 Å². The fourth-order valence-electron chi connectivity index (χ4n) is 1.58. The fraction of sp³-hybridized carbons (Fsp3) is 0.500. The van der Waals surface area contributed by atoms with Gasteiger partial charge in [-0.3, -0.25) is 0 Å². The third-order valence-electron chi connectivity index (χ3n) is 2.94. The predicted molar refractivity (Wildman–Crippen MR) is 65.9 cm³/mol. The van der Waals surface area contributed by atoms with Crippen LogP contribution in [0, 0.1) is 0 Å². The van der Waals surface area contributed by atoms with Crippen LogP contribution in [0.25, 0.3) is 0 Å². The van der Waals surface area contributed by atoms with Crippen molar-refractivity contribution in [2.45, 2.75) is 24.9 Å². The van der Waals surface area contributed by atoms with E-state index < -0.39 is 0 Å². The molecule has 0 spiro atoms. The van der Waals surface area contributed by atoms with Crippen molar-refractivity contribution in [3.63, 3.8) is 0 Å². The van der Waals surface area contributed by atoms with E-state index in [1.54, 1.807) is 7.11 Å². The molecule has 4 heteroatoms. The van der Waals surface area contributed by atoms with E-state index in [2.05, 4.69) is 5.32 Å². The molecule has 0 heterocycles. The number of methoxy groups -OCH3 is 1. The molecule has 0 amide bonds. The number of benzene rings is 1. The van der Waals surface area contributed by atoms with Crippen LogP contribution in [0.1, 0.15) is 18.4 Å². The van der Waals surface area contributed by atoms with Crippen LogP contribution in [0.5, 0.6) is 5.75 Å². The number of hydrogen-bond acceptors (Lipinski definition) is 3. The zero-order valence-electron chi connectivity index (χ0n) is 9.42. The lowest BCUT2D eigenvalue weighted by molar-refractivity contribution is 0.414. The highest BCUT2D eigenvalue weighted by Gasteiger charge is 2.37. The number of rotatable bonds is 5. The first kappa shape index (κ1) is 11.7. The molecular formula is C12H17ClN2O. The van der Waals surface area contributed by atoms with E-state index in [0.29, 0.717) is 0 Å². The molecule has 0 bridgehead atoms. The van der Waals surface area contributed by atoms with Gasteiger partial charge in [0.1, 0.15) is 5.75 Å². The molecule has 0 atom stereocenters. The summed E-state index contributed by atoms with van der Waals surface area (Å²) in [4.78, 5) is 0. The smallest absolute Gasteiger partial charge is 0.120 e. The maximum Gasteiger partial charge on any atom is 0.120 e. The molecule has 1 aromatic rings. The molecule has 0 unspecified atom stereocenters. The van der Waals surface area contributed by atoms with Crippen LogP contribution in [0.3, 0.4) is 0 Å². The number of halogens is 1. The lowest BCUT2D eigenvalue weighted by Crippen LogP contribution is -2.35. The normalized spacial score (nSPS) is 17.2. The van der Waals surface area contributed by atoms with Crippen LogP contribution < -0.4 is 15.8 Å². The highest BCUT2D eigenvalue weighted by atomic mass is 35.5. The Kier molecular flexibility index (Phi) is 3.38. The van der Waals surface area contributed by atoms with Crippen LogP contribution in [0.2, 0.25) is 5.02 Å². The Bertz CT molecular complexity index is 377. The number of ether oxygens (including phenoxy) is 1. The van der Waals surface area contributed by atoms with Crippen molar-refractivity contribution >= 4 is 11.6 Å². The largest absolute Gasteiger partial charge is 0.497 e. The van der Waals surface area contributed by atoms with Crippen LogP contribution in [-0.4, -0.2) is 19.2 Å². The molecule has 0 aliphatic heterocycles. The van der Waals surface area contributed by atoms with Gasteiger partial charge in [-0.2, -0.15) is 0 Å². The zero-order chi connectivity index (χ0) is 11.6. The molecular weight excluding hydrogens is 224 g/mol. The minimum Gasteiger partial charge on any atom is -0.497 e. The topological polar surface area (TPSA) is 47.3 Å². The molecule has 3 nitrogen and oxygen atoms in total.